The average molecular weight is 132 g/mol. The Hall–Kier alpha value is -0.980. The lowest BCUT2D eigenvalue weighted by Crippen LogP contribution is -1.90. The van der Waals surface area contributed by atoms with Crippen LogP contribution in [0.4, 0.5) is 0 Å². The van der Waals surface area contributed by atoms with Gasteiger partial charge in [0.15, 0.2) is 0 Å². The van der Waals surface area contributed by atoms with Gasteiger partial charge in [0.25, 0.3) is 0 Å². The van der Waals surface area contributed by atoms with Gasteiger partial charge in [0.2, 0.25) is 0 Å². The van der Waals surface area contributed by atoms with Crippen LogP contribution in [-0.4, -0.2) is 6.10 Å². The van der Waals surface area contributed by atoms with E-state index >= 15 is 0 Å². The lowest BCUT2D eigenvalue weighted by atomic mass is 10.1. The van der Waals surface area contributed by atoms with Crippen molar-refractivity contribution in [2.45, 2.75) is 18.4 Å². The summed E-state index contributed by atoms with van der Waals surface area (Å²) in [6.07, 6.45) is 1.79. The van der Waals surface area contributed by atoms with E-state index in [9.17, 15) is 0 Å². The monoisotopic (exact) mass is 132 g/mol. The van der Waals surface area contributed by atoms with E-state index in [4.69, 9.17) is 4.74 Å². The summed E-state index contributed by atoms with van der Waals surface area (Å²) >= 11 is 0. The molecule has 0 saturated heterocycles. The van der Waals surface area contributed by atoms with Gasteiger partial charge in [0, 0.05) is 11.5 Å². The van der Waals surface area contributed by atoms with Gasteiger partial charge in [-0.25, -0.2) is 0 Å². The van der Waals surface area contributed by atoms with Gasteiger partial charge in [-0.1, -0.05) is 18.2 Å². The van der Waals surface area contributed by atoms with Crippen LogP contribution in [0.5, 0.6) is 5.75 Å². The number of para-hydroxylation sites is 1. The summed E-state index contributed by atoms with van der Waals surface area (Å²) in [6, 6.07) is 8.35. The zero-order valence-electron chi connectivity index (χ0n) is 5.58. The number of ether oxygens (including phenoxy) is 1. The summed E-state index contributed by atoms with van der Waals surface area (Å²) in [4.78, 5) is 0. The second-order valence-corrected chi connectivity index (χ2v) is 3.04. The molecule has 1 nitrogen and oxygen atoms in total. The predicted molar refractivity (Wildman–Crippen MR) is 38.2 cm³/mol. The van der Waals surface area contributed by atoms with Crippen LogP contribution in [0.1, 0.15) is 17.9 Å². The van der Waals surface area contributed by atoms with Gasteiger partial charge in [0.05, 0.1) is 0 Å². The van der Waals surface area contributed by atoms with Crippen molar-refractivity contribution >= 4 is 0 Å². The molecule has 1 aliphatic carbocycles. The van der Waals surface area contributed by atoms with Crippen LogP contribution in [0.2, 0.25) is 0 Å². The van der Waals surface area contributed by atoms with Crippen LogP contribution in [0.25, 0.3) is 0 Å². The fourth-order valence-electron chi connectivity index (χ4n) is 1.69. The minimum Gasteiger partial charge on any atom is -0.489 e. The first kappa shape index (κ1) is 4.78. The molecule has 1 heteroatoms. The lowest BCUT2D eigenvalue weighted by Gasteiger charge is -2.00. The maximum Gasteiger partial charge on any atom is 0.123 e. The van der Waals surface area contributed by atoms with Crippen LogP contribution >= 0.6 is 0 Å². The standard InChI is InChI=1S/C9H8O/c1-2-4-8-6(3-1)7-5-9(7)10-8/h1-4,7,9H,5H2/t7-,9-/m1/s1. The molecule has 0 unspecified atom stereocenters. The minimum atomic E-state index is 0.539. The number of hydrogen-bond acceptors (Lipinski definition) is 1. The van der Waals surface area contributed by atoms with E-state index in [1.807, 2.05) is 6.07 Å². The van der Waals surface area contributed by atoms with E-state index in [0.717, 1.165) is 11.7 Å². The quantitative estimate of drug-likeness (QED) is 0.524. The second kappa shape index (κ2) is 1.36. The van der Waals surface area contributed by atoms with Gasteiger partial charge in [-0.15, -0.1) is 0 Å². The summed E-state index contributed by atoms with van der Waals surface area (Å²) in [5.74, 6) is 1.86. The Morgan fingerprint density at radius 3 is 3.10 bits per heavy atom. The average Bonchev–Trinajstić information content (AvgIpc) is 2.64. The fourth-order valence-corrected chi connectivity index (χ4v) is 1.69. The molecule has 10 heavy (non-hydrogen) atoms. The molecule has 2 atom stereocenters. The largest absolute Gasteiger partial charge is 0.489 e. The van der Waals surface area contributed by atoms with Crippen LogP contribution < -0.4 is 4.74 Å². The Morgan fingerprint density at radius 1 is 1.30 bits per heavy atom. The highest BCUT2D eigenvalue weighted by Gasteiger charge is 2.47. The zero-order valence-corrected chi connectivity index (χ0v) is 5.58. The Labute approximate surface area is 59.6 Å². The Bertz CT molecular complexity index is 280. The Kier molecular flexibility index (Phi) is 0.652. The van der Waals surface area contributed by atoms with Gasteiger partial charge >= 0.3 is 0 Å². The molecule has 2 aliphatic rings. The molecule has 3 rings (SSSR count). The van der Waals surface area contributed by atoms with Crippen molar-refractivity contribution in [2.24, 2.45) is 0 Å². The smallest absolute Gasteiger partial charge is 0.123 e. The molecular formula is C9H8O. The molecule has 50 valence electrons. The topological polar surface area (TPSA) is 9.23 Å². The molecule has 0 N–H and O–H groups in total. The third kappa shape index (κ3) is 0.441. The molecule has 1 fully saturated rings. The van der Waals surface area contributed by atoms with Gasteiger partial charge < -0.3 is 4.74 Å². The molecule has 1 saturated carbocycles. The first-order valence-corrected chi connectivity index (χ1v) is 3.71. The molecule has 0 bridgehead atoms. The summed E-state index contributed by atoms with van der Waals surface area (Å²) in [7, 11) is 0. The van der Waals surface area contributed by atoms with Gasteiger partial charge in [0.1, 0.15) is 11.9 Å². The molecule has 1 aliphatic heterocycles. The number of benzene rings is 1. The van der Waals surface area contributed by atoms with Crippen LogP contribution in [-0.2, 0) is 0 Å². The SMILES string of the molecule is c1ccc2c(c1)O[C@@H]1C[C@H]21. The molecule has 0 aromatic heterocycles. The van der Waals surface area contributed by atoms with Gasteiger partial charge in [-0.05, 0) is 12.5 Å². The van der Waals surface area contributed by atoms with Crippen molar-refractivity contribution in [1.82, 2.24) is 0 Å². The highest BCUT2D eigenvalue weighted by atomic mass is 16.5. The van der Waals surface area contributed by atoms with E-state index in [-0.39, 0.29) is 0 Å². The Morgan fingerprint density at radius 2 is 2.20 bits per heavy atom. The summed E-state index contributed by atoms with van der Waals surface area (Å²) in [6.45, 7) is 0. The summed E-state index contributed by atoms with van der Waals surface area (Å²) < 4.78 is 5.58. The predicted octanol–water partition coefficient (Wildman–Crippen LogP) is 1.93. The third-order valence-corrected chi connectivity index (χ3v) is 2.33. The number of rotatable bonds is 0. The first-order valence-electron chi connectivity index (χ1n) is 3.71. The fraction of sp³-hybridized carbons (Fsp3) is 0.333. The van der Waals surface area contributed by atoms with Crippen molar-refractivity contribution < 1.29 is 4.74 Å². The first-order chi connectivity index (χ1) is 4.95. The van der Waals surface area contributed by atoms with Crippen LogP contribution in [0.15, 0.2) is 24.3 Å². The van der Waals surface area contributed by atoms with E-state index in [0.29, 0.717) is 6.10 Å². The highest BCUT2D eigenvalue weighted by Crippen LogP contribution is 2.52. The lowest BCUT2D eigenvalue weighted by molar-refractivity contribution is 0.318. The third-order valence-electron chi connectivity index (χ3n) is 2.33. The number of fused-ring (bicyclic) bond motifs is 3. The maximum atomic E-state index is 5.58. The van der Waals surface area contributed by atoms with E-state index in [1.54, 1.807) is 0 Å². The van der Waals surface area contributed by atoms with Crippen LogP contribution in [0.3, 0.4) is 0 Å². The van der Waals surface area contributed by atoms with E-state index in [1.165, 1.54) is 12.0 Å². The molecule has 1 heterocycles. The molecule has 1 aromatic rings. The van der Waals surface area contributed by atoms with Crippen molar-refractivity contribution in [2.75, 3.05) is 0 Å². The van der Waals surface area contributed by atoms with Gasteiger partial charge in [-0.3, -0.25) is 0 Å². The van der Waals surface area contributed by atoms with E-state index in [2.05, 4.69) is 18.2 Å². The summed E-state index contributed by atoms with van der Waals surface area (Å²) in [5, 5.41) is 0. The molecular weight excluding hydrogens is 124 g/mol. The van der Waals surface area contributed by atoms with Crippen molar-refractivity contribution in [3.05, 3.63) is 29.8 Å². The molecule has 0 spiro atoms. The molecule has 1 aromatic carbocycles. The highest BCUT2D eigenvalue weighted by molar-refractivity contribution is 5.45. The normalized spacial score (nSPS) is 32.4. The maximum absolute atomic E-state index is 5.58. The molecule has 0 amide bonds. The minimum absolute atomic E-state index is 0.539. The van der Waals surface area contributed by atoms with Crippen molar-refractivity contribution in [1.29, 1.82) is 0 Å². The van der Waals surface area contributed by atoms with E-state index < -0.39 is 0 Å². The Balaban J connectivity index is 2.22. The van der Waals surface area contributed by atoms with Gasteiger partial charge in [-0.2, -0.15) is 0 Å². The van der Waals surface area contributed by atoms with Crippen LogP contribution in [0, 0.1) is 0 Å². The molecule has 0 radical (unpaired) electrons. The summed E-state index contributed by atoms with van der Waals surface area (Å²) in [5.41, 5.74) is 1.42. The second-order valence-electron chi connectivity index (χ2n) is 3.04. The zero-order chi connectivity index (χ0) is 6.55. The van der Waals surface area contributed by atoms with Crippen molar-refractivity contribution in [3.63, 3.8) is 0 Å². The number of hydrogen-bond donors (Lipinski definition) is 0. The van der Waals surface area contributed by atoms with Crippen molar-refractivity contribution in [3.8, 4) is 5.75 Å².